The number of anilines is 1. The summed E-state index contributed by atoms with van der Waals surface area (Å²) in [6.45, 7) is 0. The fourth-order valence-corrected chi connectivity index (χ4v) is 4.14. The van der Waals surface area contributed by atoms with E-state index in [0.29, 0.717) is 28.7 Å². The number of hydrazone groups is 1. The van der Waals surface area contributed by atoms with E-state index in [9.17, 15) is 14.4 Å². The van der Waals surface area contributed by atoms with Crippen LogP contribution in [0.25, 0.3) is 6.08 Å². The van der Waals surface area contributed by atoms with Gasteiger partial charge in [0.1, 0.15) is 12.4 Å². The van der Waals surface area contributed by atoms with Crippen LogP contribution < -0.4 is 33.1 Å². The third-order valence-electron chi connectivity index (χ3n) is 5.93. The van der Waals surface area contributed by atoms with Crippen LogP contribution in [0.1, 0.15) is 43.2 Å². The van der Waals surface area contributed by atoms with Gasteiger partial charge in [-0.2, -0.15) is 5.10 Å². The predicted octanol–water partition coefficient (Wildman–Crippen LogP) is 3.07. The minimum atomic E-state index is -0.839. The van der Waals surface area contributed by atoms with Crippen LogP contribution in [-0.2, 0) is 20.7 Å². The van der Waals surface area contributed by atoms with E-state index < -0.39 is 17.9 Å². The van der Waals surface area contributed by atoms with Gasteiger partial charge in [-0.3, -0.25) is 14.6 Å². The van der Waals surface area contributed by atoms with Crippen LogP contribution in [-0.4, -0.2) is 43.4 Å². The molecule has 0 spiro atoms. The summed E-state index contributed by atoms with van der Waals surface area (Å²) in [5, 5.41) is 10.4. The maximum absolute atomic E-state index is 12.3. The van der Waals surface area contributed by atoms with Gasteiger partial charge in [-0.25, -0.2) is 10.6 Å². The van der Waals surface area contributed by atoms with E-state index in [0.717, 1.165) is 18.4 Å². The summed E-state index contributed by atoms with van der Waals surface area (Å²) in [5.74, 6) is 9.84. The van der Waals surface area contributed by atoms with E-state index >= 15 is 0 Å². The van der Waals surface area contributed by atoms with Crippen molar-refractivity contribution in [3.63, 3.8) is 0 Å². The molecule has 2 aromatic rings. The Morgan fingerprint density at radius 1 is 1.15 bits per heavy atom. The normalized spacial score (nSPS) is 13.6. The van der Waals surface area contributed by atoms with Gasteiger partial charge in [-0.05, 0) is 42.7 Å². The number of carbonyl (C=O) groups is 3. The maximum Gasteiger partial charge on any atom is 0.407 e. The van der Waals surface area contributed by atoms with Crippen LogP contribution in [0.2, 0.25) is 5.02 Å². The van der Waals surface area contributed by atoms with E-state index in [1.165, 1.54) is 49.9 Å². The van der Waals surface area contributed by atoms with E-state index in [1.54, 1.807) is 18.2 Å². The van der Waals surface area contributed by atoms with E-state index in [2.05, 4.69) is 33.3 Å². The van der Waals surface area contributed by atoms with Gasteiger partial charge in [0.05, 0.1) is 12.8 Å². The molecule has 0 unspecified atom stereocenters. The SMILES string of the molecule is C#C.COC(=O)NC1CCCCC1.N/N=C\N(N)c1ccc(Cl)cc1/C=C/C(=O)N[C@@H](Cc1ccccc1)C(N)=O. The van der Waals surface area contributed by atoms with Crippen molar-refractivity contribution in [3.8, 4) is 12.8 Å². The standard InChI is InChI=1S/C19H21ClN6O2.C8H15NO2.C2H2/c20-15-7-8-17(26(23)12-24-22)14(11-15)6-9-18(27)25-16(19(21)28)10-13-4-2-1-3-5-13;1-11-8(10)9-7-5-3-2-4-6-7;1-2/h1-9,11-12,16H,10,22-23H2,(H2,21,28)(H,25,27);7H,2-6H2,1H3,(H,9,10);1-2H/b9-6+,24-12-;;/t16-;;/m0../s1. The summed E-state index contributed by atoms with van der Waals surface area (Å²) < 4.78 is 4.50. The maximum atomic E-state index is 12.3. The summed E-state index contributed by atoms with van der Waals surface area (Å²) in [6, 6.07) is 13.7. The third kappa shape index (κ3) is 13.4. The zero-order valence-electron chi connectivity index (χ0n) is 23.0. The second-order valence-electron chi connectivity index (χ2n) is 8.83. The van der Waals surface area contributed by atoms with E-state index in [-0.39, 0.29) is 6.09 Å². The molecule has 1 aliphatic carbocycles. The van der Waals surface area contributed by atoms with Gasteiger partial charge in [0.2, 0.25) is 11.8 Å². The fourth-order valence-electron chi connectivity index (χ4n) is 3.96. The molecule has 8 N–H and O–H groups in total. The highest BCUT2D eigenvalue weighted by Gasteiger charge is 2.18. The molecule has 1 saturated carbocycles. The van der Waals surface area contributed by atoms with Crippen LogP contribution in [0, 0.1) is 12.8 Å². The number of benzene rings is 2. The highest BCUT2D eigenvalue weighted by Crippen LogP contribution is 2.23. The van der Waals surface area contributed by atoms with Crippen LogP contribution in [0.3, 0.4) is 0 Å². The van der Waals surface area contributed by atoms with Gasteiger partial charge >= 0.3 is 6.09 Å². The molecular formula is C29H38ClN7O4. The number of hydrazine groups is 1. The molecule has 12 heteroatoms. The molecule has 0 aliphatic heterocycles. The number of nitrogens with one attached hydrogen (secondary N) is 2. The average molecular weight is 584 g/mol. The molecule has 1 fully saturated rings. The average Bonchev–Trinajstić information content (AvgIpc) is 2.98. The molecule has 3 rings (SSSR count). The first kappa shape index (κ1) is 34.5. The van der Waals surface area contributed by atoms with Crippen molar-refractivity contribution < 1.29 is 19.1 Å². The molecule has 0 radical (unpaired) electrons. The number of terminal acetylenes is 1. The number of alkyl carbamates (subject to hydrolysis) is 1. The highest BCUT2D eigenvalue weighted by molar-refractivity contribution is 6.30. The van der Waals surface area contributed by atoms with Gasteiger partial charge in [0.25, 0.3) is 0 Å². The van der Waals surface area contributed by atoms with E-state index in [1.807, 2.05) is 30.3 Å². The van der Waals surface area contributed by atoms with Crippen molar-refractivity contribution in [2.45, 2.75) is 50.6 Å². The van der Waals surface area contributed by atoms with Crippen molar-refractivity contribution in [2.75, 3.05) is 12.1 Å². The Balaban J connectivity index is 0.000000538. The molecule has 0 bridgehead atoms. The van der Waals surface area contributed by atoms with Gasteiger partial charge in [-0.1, -0.05) is 61.2 Å². The van der Waals surface area contributed by atoms with Crippen LogP contribution in [0.15, 0.2) is 59.7 Å². The van der Waals surface area contributed by atoms with Crippen LogP contribution in [0.5, 0.6) is 0 Å². The second-order valence-corrected chi connectivity index (χ2v) is 9.27. The lowest BCUT2D eigenvalue weighted by Gasteiger charge is -2.21. The van der Waals surface area contributed by atoms with Crippen LogP contribution in [0.4, 0.5) is 10.5 Å². The van der Waals surface area contributed by atoms with Gasteiger partial charge in [0, 0.05) is 29.1 Å². The molecule has 0 saturated heterocycles. The van der Waals surface area contributed by atoms with Gasteiger partial charge < -0.3 is 26.9 Å². The number of primary amides is 1. The molecule has 0 aromatic heterocycles. The number of amides is 3. The molecule has 1 aliphatic rings. The Morgan fingerprint density at radius 3 is 2.39 bits per heavy atom. The largest absolute Gasteiger partial charge is 0.453 e. The topological polar surface area (TPSA) is 178 Å². The Hall–Kier alpha value is -4.53. The van der Waals surface area contributed by atoms with Crippen molar-refractivity contribution in [1.82, 2.24) is 10.6 Å². The van der Waals surface area contributed by atoms with Gasteiger partial charge in [-0.15, -0.1) is 12.8 Å². The lowest BCUT2D eigenvalue weighted by molar-refractivity contribution is -0.124. The molecule has 220 valence electrons. The molecule has 41 heavy (non-hydrogen) atoms. The monoisotopic (exact) mass is 583 g/mol. The zero-order chi connectivity index (χ0) is 30.6. The number of carbonyl (C=O) groups excluding carboxylic acids is 3. The smallest absolute Gasteiger partial charge is 0.407 e. The molecule has 11 nitrogen and oxygen atoms in total. The summed E-state index contributed by atoms with van der Waals surface area (Å²) in [5.41, 5.74) is 7.38. The summed E-state index contributed by atoms with van der Waals surface area (Å²) in [6.07, 6.45) is 18.0. The first-order valence-corrected chi connectivity index (χ1v) is 13.2. The Labute approximate surface area is 246 Å². The molecule has 0 heterocycles. The predicted molar refractivity (Wildman–Crippen MR) is 163 cm³/mol. The Morgan fingerprint density at radius 2 is 1.80 bits per heavy atom. The second kappa shape index (κ2) is 19.5. The first-order valence-electron chi connectivity index (χ1n) is 12.8. The molecule has 1 atom stereocenters. The molecule has 3 amide bonds. The lowest BCUT2D eigenvalue weighted by atomic mass is 9.96. The number of nitrogens with two attached hydrogens (primary N) is 3. The molecular weight excluding hydrogens is 546 g/mol. The van der Waals surface area contributed by atoms with E-state index in [4.69, 9.17) is 29.0 Å². The summed E-state index contributed by atoms with van der Waals surface area (Å²) in [7, 11) is 1.40. The van der Waals surface area contributed by atoms with Crippen molar-refractivity contribution in [1.29, 1.82) is 0 Å². The van der Waals surface area contributed by atoms with Crippen LogP contribution >= 0.6 is 11.6 Å². The summed E-state index contributed by atoms with van der Waals surface area (Å²) in [4.78, 5) is 34.7. The van der Waals surface area contributed by atoms with Crippen molar-refractivity contribution >= 4 is 47.6 Å². The Bertz CT molecular complexity index is 1180. The number of rotatable bonds is 9. The number of ether oxygens (including phenoxy) is 1. The lowest BCUT2D eigenvalue weighted by Crippen LogP contribution is -2.45. The quantitative estimate of drug-likeness (QED) is 0.0751. The molecule has 2 aromatic carbocycles. The number of hydrogen-bond donors (Lipinski definition) is 5. The number of halogens is 1. The zero-order valence-corrected chi connectivity index (χ0v) is 23.8. The third-order valence-corrected chi connectivity index (χ3v) is 6.16. The Kier molecular flexibility index (Phi) is 16.4. The number of nitrogens with zero attached hydrogens (tertiary/aromatic N) is 2. The number of methoxy groups -OCH3 is 1. The van der Waals surface area contributed by atoms with Crippen molar-refractivity contribution in [2.24, 2.45) is 22.5 Å². The minimum absolute atomic E-state index is 0.293. The summed E-state index contributed by atoms with van der Waals surface area (Å²) >= 11 is 6.02. The van der Waals surface area contributed by atoms with Gasteiger partial charge in [0.15, 0.2) is 0 Å². The first-order chi connectivity index (χ1) is 19.7. The number of hydrogen-bond acceptors (Lipinski definition) is 7. The minimum Gasteiger partial charge on any atom is -0.453 e. The fraction of sp³-hybridized carbons (Fsp3) is 0.310. The van der Waals surface area contributed by atoms with Crippen molar-refractivity contribution in [3.05, 3.63) is 70.8 Å². The highest BCUT2D eigenvalue weighted by atomic mass is 35.5.